The van der Waals surface area contributed by atoms with E-state index in [1.807, 2.05) is 67.6 Å². The Labute approximate surface area is 179 Å². The topological polar surface area (TPSA) is 52.6 Å². The molecule has 1 saturated heterocycles. The predicted octanol–water partition coefficient (Wildman–Crippen LogP) is 4.69. The molecule has 1 unspecified atom stereocenters. The first-order valence-electron chi connectivity index (χ1n) is 10.5. The summed E-state index contributed by atoms with van der Waals surface area (Å²) in [6, 6.07) is 19.4. The van der Waals surface area contributed by atoms with E-state index in [4.69, 9.17) is 9.47 Å². The fraction of sp³-hybridized carbons (Fsp3) is 0.400. The van der Waals surface area contributed by atoms with E-state index in [9.17, 15) is 9.36 Å². The minimum absolute atomic E-state index is 0.0756. The summed E-state index contributed by atoms with van der Waals surface area (Å²) in [5.74, 6) is 0.107. The molecule has 1 fully saturated rings. The molecule has 0 aromatic heterocycles. The van der Waals surface area contributed by atoms with Gasteiger partial charge < -0.3 is 14.0 Å². The molecule has 3 atom stereocenters. The minimum atomic E-state index is -2.80. The molecular formula is C25H31O4P. The summed E-state index contributed by atoms with van der Waals surface area (Å²) in [7, 11) is -1.39. The van der Waals surface area contributed by atoms with Crippen molar-refractivity contribution >= 4 is 23.7 Å². The minimum Gasteiger partial charge on any atom is -0.469 e. The van der Waals surface area contributed by atoms with Crippen LogP contribution in [-0.2, 0) is 18.8 Å². The van der Waals surface area contributed by atoms with Crippen LogP contribution in [0.3, 0.4) is 0 Å². The monoisotopic (exact) mass is 426 g/mol. The summed E-state index contributed by atoms with van der Waals surface area (Å²) in [6.45, 7) is 4.21. The first-order chi connectivity index (χ1) is 14.4. The molecule has 160 valence electrons. The Bertz CT molecular complexity index is 864. The van der Waals surface area contributed by atoms with Crippen molar-refractivity contribution in [3.63, 3.8) is 0 Å². The molecule has 0 aliphatic carbocycles. The Balaban J connectivity index is 1.83. The summed E-state index contributed by atoms with van der Waals surface area (Å²) in [4.78, 5) is 11.7. The molecule has 0 radical (unpaired) electrons. The number of carbonyl (C=O) groups is 1. The van der Waals surface area contributed by atoms with Crippen LogP contribution in [0.2, 0.25) is 0 Å². The van der Waals surface area contributed by atoms with E-state index in [0.29, 0.717) is 12.1 Å². The van der Waals surface area contributed by atoms with Crippen LogP contribution in [0.5, 0.6) is 0 Å². The van der Waals surface area contributed by atoms with Crippen LogP contribution in [0.15, 0.2) is 72.3 Å². The fourth-order valence-corrected chi connectivity index (χ4v) is 6.64. The highest BCUT2D eigenvalue weighted by atomic mass is 31.2. The van der Waals surface area contributed by atoms with Crippen molar-refractivity contribution in [3.8, 4) is 0 Å². The lowest BCUT2D eigenvalue weighted by molar-refractivity contribution is -0.147. The second kappa shape index (κ2) is 10.2. The maximum atomic E-state index is 14.2. The van der Waals surface area contributed by atoms with E-state index < -0.39 is 7.14 Å². The average Bonchev–Trinajstić information content (AvgIpc) is 2.79. The van der Waals surface area contributed by atoms with E-state index in [-0.39, 0.29) is 24.6 Å². The summed E-state index contributed by atoms with van der Waals surface area (Å²) in [5, 5.41) is 1.72. The van der Waals surface area contributed by atoms with Gasteiger partial charge in [-0.15, -0.1) is 0 Å². The zero-order valence-electron chi connectivity index (χ0n) is 18.0. The van der Waals surface area contributed by atoms with Crippen molar-refractivity contribution in [1.29, 1.82) is 0 Å². The molecular weight excluding hydrogens is 395 g/mol. The number of rotatable bonds is 7. The molecule has 1 aliphatic heterocycles. The van der Waals surface area contributed by atoms with Crippen LogP contribution in [-0.4, -0.2) is 31.4 Å². The van der Waals surface area contributed by atoms with Crippen molar-refractivity contribution in [2.75, 3.05) is 13.3 Å². The normalized spacial score (nSPS) is 22.5. The second-order valence-electron chi connectivity index (χ2n) is 8.06. The van der Waals surface area contributed by atoms with E-state index >= 15 is 0 Å². The second-order valence-corrected chi connectivity index (χ2v) is 10.9. The number of carbonyl (C=O) groups excluding carboxylic acids is 1. The summed E-state index contributed by atoms with van der Waals surface area (Å²) >= 11 is 0. The van der Waals surface area contributed by atoms with Crippen LogP contribution >= 0.6 is 7.14 Å². The SMILES string of the molecule is COC(=O)C[C@H]1CC[C@H](C)C(/C(C)=C/CP(=O)(c2ccccc2)c2ccccc2)O1. The van der Waals surface area contributed by atoms with Crippen molar-refractivity contribution in [2.24, 2.45) is 5.92 Å². The van der Waals surface area contributed by atoms with Gasteiger partial charge in [0.2, 0.25) is 0 Å². The molecule has 3 rings (SSSR count). The van der Waals surface area contributed by atoms with E-state index in [1.165, 1.54) is 7.11 Å². The van der Waals surface area contributed by atoms with Gasteiger partial charge >= 0.3 is 5.97 Å². The maximum absolute atomic E-state index is 14.2. The first kappa shape index (κ1) is 22.5. The molecule has 5 heteroatoms. The lowest BCUT2D eigenvalue weighted by atomic mass is 9.88. The molecule has 2 aromatic carbocycles. The number of allylic oxidation sites excluding steroid dienone is 1. The summed E-state index contributed by atoms with van der Waals surface area (Å²) in [6.07, 6.45) is 4.44. The van der Waals surface area contributed by atoms with Crippen molar-refractivity contribution in [2.45, 2.75) is 45.3 Å². The Morgan fingerprint density at radius 2 is 1.63 bits per heavy atom. The van der Waals surface area contributed by atoms with Crippen LogP contribution in [0.4, 0.5) is 0 Å². The van der Waals surface area contributed by atoms with Gasteiger partial charge in [-0.05, 0) is 31.3 Å². The summed E-state index contributed by atoms with van der Waals surface area (Å²) in [5.41, 5.74) is 1.07. The van der Waals surface area contributed by atoms with E-state index in [2.05, 4.69) is 13.0 Å². The number of esters is 1. The Kier molecular flexibility index (Phi) is 7.69. The zero-order chi connectivity index (χ0) is 21.6. The van der Waals surface area contributed by atoms with Gasteiger partial charge in [0, 0.05) is 16.8 Å². The van der Waals surface area contributed by atoms with Gasteiger partial charge in [0.1, 0.15) is 7.14 Å². The smallest absolute Gasteiger partial charge is 0.308 e. The van der Waals surface area contributed by atoms with Gasteiger partial charge in [-0.2, -0.15) is 0 Å². The molecule has 1 aliphatic rings. The van der Waals surface area contributed by atoms with Gasteiger partial charge in [0.15, 0.2) is 0 Å². The third-order valence-electron chi connectivity index (χ3n) is 5.89. The number of methoxy groups -OCH3 is 1. The standard InChI is InChI=1S/C25H31O4P/c1-19-14-15-21(18-24(26)28-3)29-25(19)20(2)16-17-30(27,22-10-6-4-7-11-22)23-12-8-5-9-13-23/h4-13,16,19,21,25H,14-15,17-18H2,1-3H3/b20-16+/t19-,21+,25?/m0/s1. The van der Waals surface area contributed by atoms with Crippen LogP contribution in [0.1, 0.15) is 33.1 Å². The van der Waals surface area contributed by atoms with Gasteiger partial charge in [0.05, 0.1) is 25.7 Å². The van der Waals surface area contributed by atoms with Crippen LogP contribution in [0.25, 0.3) is 0 Å². The Hall–Kier alpha value is -2.16. The fourth-order valence-electron chi connectivity index (χ4n) is 4.07. The summed E-state index contributed by atoms with van der Waals surface area (Å²) < 4.78 is 25.2. The number of ether oxygens (including phenoxy) is 2. The average molecular weight is 426 g/mol. The maximum Gasteiger partial charge on any atom is 0.308 e. The molecule has 2 aromatic rings. The van der Waals surface area contributed by atoms with Crippen LogP contribution in [0, 0.1) is 5.92 Å². The molecule has 30 heavy (non-hydrogen) atoms. The molecule has 0 amide bonds. The highest BCUT2D eigenvalue weighted by Crippen LogP contribution is 2.44. The van der Waals surface area contributed by atoms with Gasteiger partial charge in [-0.3, -0.25) is 4.79 Å². The molecule has 0 bridgehead atoms. The van der Waals surface area contributed by atoms with E-state index in [1.54, 1.807) is 0 Å². The van der Waals surface area contributed by atoms with Crippen molar-refractivity contribution in [3.05, 3.63) is 72.3 Å². The van der Waals surface area contributed by atoms with Gasteiger partial charge in [0.25, 0.3) is 0 Å². The quantitative estimate of drug-likeness (QED) is 0.366. The predicted molar refractivity (Wildman–Crippen MR) is 122 cm³/mol. The number of benzene rings is 2. The highest BCUT2D eigenvalue weighted by Gasteiger charge is 2.32. The van der Waals surface area contributed by atoms with Gasteiger partial charge in [-0.1, -0.05) is 73.7 Å². The Morgan fingerprint density at radius 3 is 2.17 bits per heavy atom. The zero-order valence-corrected chi connectivity index (χ0v) is 18.9. The van der Waals surface area contributed by atoms with Crippen molar-refractivity contribution in [1.82, 2.24) is 0 Å². The molecule has 1 heterocycles. The number of hydrogen-bond acceptors (Lipinski definition) is 4. The third-order valence-corrected chi connectivity index (χ3v) is 8.85. The van der Waals surface area contributed by atoms with Crippen LogP contribution < -0.4 is 10.6 Å². The molecule has 0 spiro atoms. The first-order valence-corrected chi connectivity index (χ1v) is 12.4. The lowest BCUT2D eigenvalue weighted by Gasteiger charge is -2.35. The largest absolute Gasteiger partial charge is 0.469 e. The Morgan fingerprint density at radius 1 is 1.07 bits per heavy atom. The molecule has 0 N–H and O–H groups in total. The molecule has 0 saturated carbocycles. The number of hydrogen-bond donors (Lipinski definition) is 0. The molecule has 4 nitrogen and oxygen atoms in total. The van der Waals surface area contributed by atoms with E-state index in [0.717, 1.165) is 29.0 Å². The van der Waals surface area contributed by atoms with Gasteiger partial charge in [-0.25, -0.2) is 0 Å². The lowest BCUT2D eigenvalue weighted by Crippen LogP contribution is -2.36. The highest BCUT2D eigenvalue weighted by molar-refractivity contribution is 7.78. The van der Waals surface area contributed by atoms with Crippen molar-refractivity contribution < 1.29 is 18.8 Å². The third kappa shape index (κ3) is 5.30.